The Hall–Kier alpha value is -2.80. The highest BCUT2D eigenvalue weighted by Crippen LogP contribution is 2.59. The molecule has 1 unspecified atom stereocenters. The maximum absolute atomic E-state index is 12.6. The van der Waals surface area contributed by atoms with E-state index in [1.54, 1.807) is 14.2 Å². The van der Waals surface area contributed by atoms with Crippen molar-refractivity contribution in [1.29, 1.82) is 0 Å². The van der Waals surface area contributed by atoms with Gasteiger partial charge in [-0.2, -0.15) is 0 Å². The molecule has 1 aromatic carbocycles. The van der Waals surface area contributed by atoms with Gasteiger partial charge in [0.2, 0.25) is 0 Å². The van der Waals surface area contributed by atoms with Crippen molar-refractivity contribution in [2.75, 3.05) is 27.4 Å². The number of hydrogen-bond donors (Lipinski definition) is 1. The number of ether oxygens (including phenoxy) is 3. The molecule has 1 fully saturated rings. The highest BCUT2D eigenvalue weighted by atomic mass is 16.5. The summed E-state index contributed by atoms with van der Waals surface area (Å²) < 4.78 is 18.7. The Labute approximate surface area is 181 Å². The molecule has 166 valence electrons. The molecule has 2 aliphatic rings. The largest absolute Gasteiger partial charge is 0.493 e. The highest BCUT2D eigenvalue weighted by molar-refractivity contribution is 5.88. The number of aromatic carboxylic acids is 1. The van der Waals surface area contributed by atoms with Gasteiger partial charge in [-0.05, 0) is 36.0 Å². The lowest BCUT2D eigenvalue weighted by Gasteiger charge is -2.40. The number of carbonyl (C=O) groups is 1. The van der Waals surface area contributed by atoms with E-state index in [4.69, 9.17) is 14.2 Å². The molecule has 0 amide bonds. The van der Waals surface area contributed by atoms with Gasteiger partial charge < -0.3 is 23.9 Å². The van der Waals surface area contributed by atoms with E-state index < -0.39 is 11.4 Å². The Kier molecular flexibility index (Phi) is 5.56. The first-order valence-corrected chi connectivity index (χ1v) is 10.6. The molecule has 31 heavy (non-hydrogen) atoms. The van der Waals surface area contributed by atoms with Gasteiger partial charge in [-0.1, -0.05) is 13.8 Å². The quantitative estimate of drug-likeness (QED) is 0.670. The summed E-state index contributed by atoms with van der Waals surface area (Å²) >= 11 is 0. The number of aromatic nitrogens is 1. The molecule has 1 aliphatic heterocycles. The fourth-order valence-electron chi connectivity index (χ4n) is 5.19. The van der Waals surface area contributed by atoms with Crippen LogP contribution in [0.5, 0.6) is 11.5 Å². The van der Waals surface area contributed by atoms with Gasteiger partial charge in [-0.25, -0.2) is 4.79 Å². The van der Waals surface area contributed by atoms with Crippen LogP contribution in [0.15, 0.2) is 29.2 Å². The minimum absolute atomic E-state index is 0.0403. The van der Waals surface area contributed by atoms with E-state index in [0.717, 1.165) is 36.1 Å². The number of methoxy groups -OCH3 is 2. The zero-order chi connectivity index (χ0) is 22.3. The van der Waals surface area contributed by atoms with E-state index in [9.17, 15) is 14.7 Å². The fourth-order valence-corrected chi connectivity index (χ4v) is 5.19. The number of fused-ring (bicyclic) bond motifs is 6. The highest BCUT2D eigenvalue weighted by Gasteiger charge is 2.47. The van der Waals surface area contributed by atoms with Crippen LogP contribution in [0, 0.1) is 5.41 Å². The molecule has 0 spiro atoms. The molecule has 0 bridgehead atoms. The van der Waals surface area contributed by atoms with Crippen LogP contribution < -0.4 is 14.9 Å². The standard InChI is InChI=1S/C24H29NO6/c1-24(2)7-6-14-15-10-21(31-9-5-8-29-3)20(30-4)11-16(15)18-12-19(26)17(23(27)28)13-25(18)22(14)24/h10-14,22H,5-9H2,1-4H3,(H,27,28)/t14-,22?/m1/s1. The summed E-state index contributed by atoms with van der Waals surface area (Å²) in [6.07, 6.45) is 4.28. The van der Waals surface area contributed by atoms with Crippen LogP contribution in [-0.2, 0) is 4.74 Å². The molecule has 1 aliphatic carbocycles. The van der Waals surface area contributed by atoms with Crippen LogP contribution in [0.2, 0.25) is 0 Å². The molecule has 2 heterocycles. The summed E-state index contributed by atoms with van der Waals surface area (Å²) in [5.74, 6) is 0.275. The number of carboxylic acid groups (broad SMARTS) is 1. The van der Waals surface area contributed by atoms with E-state index >= 15 is 0 Å². The molecular formula is C24H29NO6. The molecule has 0 radical (unpaired) electrons. The maximum atomic E-state index is 12.6. The van der Waals surface area contributed by atoms with Crippen LogP contribution in [0.25, 0.3) is 11.3 Å². The molecule has 7 nitrogen and oxygen atoms in total. The van der Waals surface area contributed by atoms with Crippen LogP contribution in [0.3, 0.4) is 0 Å². The van der Waals surface area contributed by atoms with Crippen molar-refractivity contribution in [2.24, 2.45) is 5.41 Å². The van der Waals surface area contributed by atoms with Crippen LogP contribution in [-0.4, -0.2) is 43.1 Å². The Bertz CT molecular complexity index is 1070. The van der Waals surface area contributed by atoms with E-state index in [0.29, 0.717) is 24.7 Å². The topological polar surface area (TPSA) is 87.0 Å². The van der Waals surface area contributed by atoms with Crippen LogP contribution in [0.4, 0.5) is 0 Å². The third-order valence-corrected chi connectivity index (χ3v) is 6.65. The van der Waals surface area contributed by atoms with Gasteiger partial charge in [0, 0.05) is 49.9 Å². The molecule has 0 saturated heterocycles. The van der Waals surface area contributed by atoms with E-state index in [1.807, 2.05) is 16.7 Å². The molecule has 7 heteroatoms. The second-order valence-electron chi connectivity index (χ2n) is 9.01. The Balaban J connectivity index is 1.88. The molecule has 2 aromatic rings. The number of nitrogens with zero attached hydrogens (tertiary/aromatic N) is 1. The third-order valence-electron chi connectivity index (χ3n) is 6.65. The summed E-state index contributed by atoms with van der Waals surface area (Å²) in [5, 5.41) is 9.51. The zero-order valence-corrected chi connectivity index (χ0v) is 18.4. The number of pyridine rings is 1. The second kappa shape index (κ2) is 8.04. The summed E-state index contributed by atoms with van der Waals surface area (Å²) in [4.78, 5) is 24.2. The average Bonchev–Trinajstić information content (AvgIpc) is 3.05. The summed E-state index contributed by atoms with van der Waals surface area (Å²) in [6.45, 7) is 5.54. The minimum Gasteiger partial charge on any atom is -0.493 e. The summed E-state index contributed by atoms with van der Waals surface area (Å²) in [6, 6.07) is 5.46. The second-order valence-corrected chi connectivity index (χ2v) is 9.01. The Morgan fingerprint density at radius 3 is 2.65 bits per heavy atom. The normalized spacial score (nSPS) is 20.5. The van der Waals surface area contributed by atoms with Crippen molar-refractivity contribution < 1.29 is 24.1 Å². The van der Waals surface area contributed by atoms with Crippen molar-refractivity contribution in [3.8, 4) is 22.8 Å². The first-order valence-electron chi connectivity index (χ1n) is 10.6. The molecule has 1 N–H and O–H groups in total. The van der Waals surface area contributed by atoms with Crippen molar-refractivity contribution in [3.63, 3.8) is 0 Å². The third kappa shape index (κ3) is 3.61. The smallest absolute Gasteiger partial charge is 0.341 e. The first kappa shape index (κ1) is 21.4. The monoisotopic (exact) mass is 427 g/mol. The summed E-state index contributed by atoms with van der Waals surface area (Å²) in [5.41, 5.74) is 2.03. The lowest BCUT2D eigenvalue weighted by atomic mass is 9.77. The minimum atomic E-state index is -1.20. The predicted octanol–water partition coefficient (Wildman–Crippen LogP) is 4.10. The van der Waals surface area contributed by atoms with E-state index in [-0.39, 0.29) is 22.9 Å². The lowest BCUT2D eigenvalue weighted by Crippen LogP contribution is -2.32. The van der Waals surface area contributed by atoms with Gasteiger partial charge in [-0.3, -0.25) is 4.79 Å². The van der Waals surface area contributed by atoms with Crippen molar-refractivity contribution >= 4 is 5.97 Å². The zero-order valence-electron chi connectivity index (χ0n) is 18.4. The molecule has 4 rings (SSSR count). The Morgan fingerprint density at radius 2 is 1.97 bits per heavy atom. The molecule has 2 atom stereocenters. The lowest BCUT2D eigenvalue weighted by molar-refractivity contribution is 0.0693. The molecule has 1 aromatic heterocycles. The number of benzene rings is 1. The Morgan fingerprint density at radius 1 is 1.19 bits per heavy atom. The van der Waals surface area contributed by atoms with Crippen molar-refractivity contribution in [2.45, 2.75) is 45.1 Å². The van der Waals surface area contributed by atoms with Crippen molar-refractivity contribution in [1.82, 2.24) is 4.57 Å². The first-order chi connectivity index (χ1) is 14.8. The van der Waals surface area contributed by atoms with Gasteiger partial charge in [0.1, 0.15) is 5.56 Å². The molecular weight excluding hydrogens is 398 g/mol. The summed E-state index contributed by atoms with van der Waals surface area (Å²) in [7, 11) is 3.26. The van der Waals surface area contributed by atoms with E-state index in [1.165, 1.54) is 12.3 Å². The van der Waals surface area contributed by atoms with Gasteiger partial charge in [0.15, 0.2) is 16.9 Å². The van der Waals surface area contributed by atoms with Crippen LogP contribution >= 0.6 is 0 Å². The molecule has 1 saturated carbocycles. The fraction of sp³-hybridized carbons (Fsp3) is 0.500. The predicted molar refractivity (Wildman–Crippen MR) is 116 cm³/mol. The van der Waals surface area contributed by atoms with Gasteiger partial charge in [-0.15, -0.1) is 0 Å². The van der Waals surface area contributed by atoms with E-state index in [2.05, 4.69) is 13.8 Å². The van der Waals surface area contributed by atoms with Crippen LogP contribution in [0.1, 0.15) is 61.0 Å². The SMILES string of the molecule is COCCCOc1cc2c(cc1OC)-c1cc(=O)c(C(=O)O)cn1C1[C@@H]2CCC1(C)C. The van der Waals surface area contributed by atoms with Gasteiger partial charge in [0.25, 0.3) is 0 Å². The number of rotatable bonds is 7. The average molecular weight is 427 g/mol. The number of hydrogen-bond acceptors (Lipinski definition) is 5. The van der Waals surface area contributed by atoms with Gasteiger partial charge >= 0.3 is 5.97 Å². The maximum Gasteiger partial charge on any atom is 0.341 e. The number of carboxylic acids is 1. The van der Waals surface area contributed by atoms with Gasteiger partial charge in [0.05, 0.1) is 19.4 Å². The van der Waals surface area contributed by atoms with Crippen molar-refractivity contribution in [3.05, 3.63) is 45.7 Å².